The van der Waals surface area contributed by atoms with Crippen LogP contribution in [0.15, 0.2) is 0 Å². The van der Waals surface area contributed by atoms with Gasteiger partial charge in [-0.3, -0.25) is 0 Å². The summed E-state index contributed by atoms with van der Waals surface area (Å²) in [5, 5.41) is 10.7. The molecule has 1 rings (SSSR count). The van der Waals surface area contributed by atoms with Crippen LogP contribution in [0.4, 0.5) is 0 Å². The summed E-state index contributed by atoms with van der Waals surface area (Å²) in [4.78, 5) is 0. The van der Waals surface area contributed by atoms with Crippen LogP contribution in [0.5, 0.6) is 0 Å². The quantitative estimate of drug-likeness (QED) is 0.623. The summed E-state index contributed by atoms with van der Waals surface area (Å²) in [6.07, 6.45) is 11.5. The predicted octanol–water partition coefficient (Wildman–Crippen LogP) is 5.42. The fourth-order valence-electron chi connectivity index (χ4n) is 4.14. The first-order chi connectivity index (χ1) is 9.08. The Bertz CT molecular complexity index is 204. The molecule has 1 saturated carbocycles. The lowest BCUT2D eigenvalue weighted by atomic mass is 9.72. The first-order valence-electron chi connectivity index (χ1n) is 8.76. The topological polar surface area (TPSA) is 20.2 Å². The molecule has 0 bridgehead atoms. The lowest BCUT2D eigenvalue weighted by molar-refractivity contribution is -0.00179. The van der Waals surface area contributed by atoms with Gasteiger partial charge in [0.25, 0.3) is 0 Å². The van der Waals surface area contributed by atoms with Crippen LogP contribution in [0.1, 0.15) is 85.5 Å². The van der Waals surface area contributed by atoms with E-state index in [4.69, 9.17) is 0 Å². The van der Waals surface area contributed by atoms with E-state index in [0.717, 1.165) is 11.8 Å². The molecule has 0 aromatic carbocycles. The van der Waals surface area contributed by atoms with E-state index in [9.17, 15) is 5.11 Å². The SMILES string of the molecule is CCCC(C)CC1CCCC(CC(C)CCC)C1O. The zero-order valence-electron chi connectivity index (χ0n) is 13.7. The van der Waals surface area contributed by atoms with Crippen LogP contribution < -0.4 is 0 Å². The molecule has 4 unspecified atom stereocenters. The number of hydrogen-bond donors (Lipinski definition) is 1. The molecule has 0 radical (unpaired) electrons. The van der Waals surface area contributed by atoms with Crippen molar-refractivity contribution >= 4 is 0 Å². The van der Waals surface area contributed by atoms with E-state index in [2.05, 4.69) is 27.7 Å². The maximum Gasteiger partial charge on any atom is 0.0596 e. The third-order valence-corrected chi connectivity index (χ3v) is 5.09. The highest BCUT2D eigenvalue weighted by atomic mass is 16.3. The molecule has 1 N–H and O–H groups in total. The summed E-state index contributed by atoms with van der Waals surface area (Å²) in [5.74, 6) is 2.73. The predicted molar refractivity (Wildman–Crippen MR) is 84.2 cm³/mol. The van der Waals surface area contributed by atoms with E-state index in [1.54, 1.807) is 0 Å². The van der Waals surface area contributed by atoms with Crippen molar-refractivity contribution in [2.24, 2.45) is 23.7 Å². The van der Waals surface area contributed by atoms with Crippen molar-refractivity contribution < 1.29 is 5.11 Å². The molecule has 1 nitrogen and oxygen atoms in total. The molecule has 1 fully saturated rings. The van der Waals surface area contributed by atoms with Crippen LogP contribution in [0, 0.1) is 23.7 Å². The Hall–Kier alpha value is -0.0400. The van der Waals surface area contributed by atoms with E-state index in [0.29, 0.717) is 11.8 Å². The minimum Gasteiger partial charge on any atom is -0.393 e. The molecule has 0 heterocycles. The largest absolute Gasteiger partial charge is 0.393 e. The number of aliphatic hydroxyl groups excluding tert-OH is 1. The van der Waals surface area contributed by atoms with Crippen LogP contribution in [-0.2, 0) is 0 Å². The fourth-order valence-corrected chi connectivity index (χ4v) is 4.14. The van der Waals surface area contributed by atoms with Gasteiger partial charge >= 0.3 is 0 Å². The second kappa shape index (κ2) is 9.00. The Kier molecular flexibility index (Phi) is 8.06. The molecule has 0 amide bonds. The second-order valence-electron chi connectivity index (χ2n) is 7.20. The van der Waals surface area contributed by atoms with Gasteiger partial charge < -0.3 is 5.11 Å². The molecule has 1 aliphatic carbocycles. The van der Waals surface area contributed by atoms with E-state index in [-0.39, 0.29) is 6.10 Å². The Morgan fingerprint density at radius 1 is 0.895 bits per heavy atom. The molecule has 1 heteroatoms. The summed E-state index contributed by atoms with van der Waals surface area (Å²) in [6.45, 7) is 9.26. The third kappa shape index (κ3) is 5.85. The van der Waals surface area contributed by atoms with Crippen LogP contribution in [0.3, 0.4) is 0 Å². The van der Waals surface area contributed by atoms with Gasteiger partial charge in [-0.05, 0) is 49.4 Å². The number of aliphatic hydroxyl groups is 1. The molecule has 0 saturated heterocycles. The highest BCUT2D eigenvalue weighted by molar-refractivity contribution is 4.83. The van der Waals surface area contributed by atoms with Crippen molar-refractivity contribution in [2.75, 3.05) is 0 Å². The molecule has 19 heavy (non-hydrogen) atoms. The van der Waals surface area contributed by atoms with Crippen LogP contribution in [0.2, 0.25) is 0 Å². The highest BCUT2D eigenvalue weighted by Gasteiger charge is 2.32. The maximum absolute atomic E-state index is 10.7. The van der Waals surface area contributed by atoms with Crippen LogP contribution in [0.25, 0.3) is 0 Å². The van der Waals surface area contributed by atoms with Crippen molar-refractivity contribution in [1.29, 1.82) is 0 Å². The smallest absolute Gasteiger partial charge is 0.0596 e. The van der Waals surface area contributed by atoms with Crippen molar-refractivity contribution in [1.82, 2.24) is 0 Å². The molecular formula is C18H36O. The molecule has 0 aromatic rings. The van der Waals surface area contributed by atoms with E-state index >= 15 is 0 Å². The minimum atomic E-state index is -0.0210. The standard InChI is InChI=1S/C18H36O/c1-5-8-14(3)12-16-10-7-11-17(18(16)19)13-15(4)9-6-2/h14-19H,5-13H2,1-4H3. The second-order valence-corrected chi connectivity index (χ2v) is 7.20. The van der Waals surface area contributed by atoms with Gasteiger partial charge in [0.2, 0.25) is 0 Å². The summed E-state index contributed by atoms with van der Waals surface area (Å²) in [6, 6.07) is 0. The minimum absolute atomic E-state index is 0.0210. The molecule has 4 atom stereocenters. The Morgan fingerprint density at radius 3 is 1.68 bits per heavy atom. The van der Waals surface area contributed by atoms with Gasteiger partial charge in [-0.15, -0.1) is 0 Å². The number of rotatable bonds is 8. The van der Waals surface area contributed by atoms with E-state index < -0.39 is 0 Å². The summed E-state index contributed by atoms with van der Waals surface area (Å²) in [5.41, 5.74) is 0. The van der Waals surface area contributed by atoms with Gasteiger partial charge in [0.1, 0.15) is 0 Å². The summed E-state index contributed by atoms with van der Waals surface area (Å²) < 4.78 is 0. The lowest BCUT2D eigenvalue weighted by Crippen LogP contribution is -2.35. The van der Waals surface area contributed by atoms with Gasteiger partial charge in [0.15, 0.2) is 0 Å². The molecular weight excluding hydrogens is 232 g/mol. The molecule has 0 aliphatic heterocycles. The first kappa shape index (κ1) is 17.0. The summed E-state index contributed by atoms with van der Waals surface area (Å²) in [7, 11) is 0. The van der Waals surface area contributed by atoms with Gasteiger partial charge in [-0.25, -0.2) is 0 Å². The van der Waals surface area contributed by atoms with E-state index in [1.807, 2.05) is 0 Å². The Balaban J connectivity index is 2.43. The Labute approximate surface area is 121 Å². The first-order valence-corrected chi connectivity index (χ1v) is 8.76. The van der Waals surface area contributed by atoms with Crippen molar-refractivity contribution in [3.05, 3.63) is 0 Å². The van der Waals surface area contributed by atoms with Gasteiger partial charge in [-0.1, -0.05) is 59.8 Å². The van der Waals surface area contributed by atoms with Crippen LogP contribution >= 0.6 is 0 Å². The normalized spacial score (nSPS) is 31.1. The van der Waals surface area contributed by atoms with Crippen molar-refractivity contribution in [2.45, 2.75) is 91.6 Å². The third-order valence-electron chi connectivity index (χ3n) is 5.09. The highest BCUT2D eigenvalue weighted by Crippen LogP contribution is 2.37. The average molecular weight is 268 g/mol. The lowest BCUT2D eigenvalue weighted by Gasteiger charge is -2.37. The molecule has 1 aliphatic rings. The Morgan fingerprint density at radius 2 is 1.32 bits per heavy atom. The number of hydrogen-bond acceptors (Lipinski definition) is 1. The van der Waals surface area contributed by atoms with Gasteiger partial charge in [0.05, 0.1) is 6.10 Å². The maximum atomic E-state index is 10.7. The average Bonchev–Trinajstić information content (AvgIpc) is 2.35. The molecule has 0 aromatic heterocycles. The zero-order chi connectivity index (χ0) is 14.3. The van der Waals surface area contributed by atoms with Gasteiger partial charge in [0, 0.05) is 0 Å². The molecule has 0 spiro atoms. The van der Waals surface area contributed by atoms with E-state index in [1.165, 1.54) is 57.8 Å². The zero-order valence-corrected chi connectivity index (χ0v) is 13.7. The van der Waals surface area contributed by atoms with Crippen LogP contribution in [-0.4, -0.2) is 11.2 Å². The monoisotopic (exact) mass is 268 g/mol. The summed E-state index contributed by atoms with van der Waals surface area (Å²) >= 11 is 0. The molecule has 114 valence electrons. The van der Waals surface area contributed by atoms with Crippen molar-refractivity contribution in [3.63, 3.8) is 0 Å². The van der Waals surface area contributed by atoms with Crippen molar-refractivity contribution in [3.8, 4) is 0 Å². The fraction of sp³-hybridized carbons (Fsp3) is 1.00. The van der Waals surface area contributed by atoms with Gasteiger partial charge in [-0.2, -0.15) is 0 Å².